The number of rotatable bonds is 1. The first-order valence-corrected chi connectivity index (χ1v) is 7.50. The number of alkyl halides is 3. The fraction of sp³-hybridized carbons (Fsp3) is 0.500. The quantitative estimate of drug-likeness (QED) is 0.843. The van der Waals surface area contributed by atoms with Crippen LogP contribution in [0.4, 0.5) is 13.2 Å². The monoisotopic (exact) mass is 344 g/mol. The Morgan fingerprint density at radius 2 is 1.75 bits per heavy atom. The Kier molecular flexibility index (Phi) is 5.17. The van der Waals surface area contributed by atoms with Crippen molar-refractivity contribution in [2.45, 2.75) is 26.1 Å². The second-order valence-electron chi connectivity index (χ2n) is 5.90. The molecule has 1 aliphatic rings. The van der Waals surface area contributed by atoms with E-state index >= 15 is 0 Å². The number of carbonyl (C=O) groups excluding carboxylic acids is 2. The molecule has 1 aliphatic heterocycles. The van der Waals surface area contributed by atoms with E-state index in [9.17, 15) is 27.9 Å². The zero-order chi connectivity index (χ0) is 18.1. The van der Waals surface area contributed by atoms with E-state index < -0.39 is 23.8 Å². The summed E-state index contributed by atoms with van der Waals surface area (Å²) in [5, 5.41) is 9.96. The van der Waals surface area contributed by atoms with E-state index in [1.165, 1.54) is 22.8 Å². The molecule has 1 saturated heterocycles. The van der Waals surface area contributed by atoms with Gasteiger partial charge in [-0.15, -0.1) is 0 Å². The van der Waals surface area contributed by atoms with Gasteiger partial charge >= 0.3 is 6.18 Å². The van der Waals surface area contributed by atoms with Crippen molar-refractivity contribution in [1.82, 2.24) is 9.80 Å². The third kappa shape index (κ3) is 4.05. The summed E-state index contributed by atoms with van der Waals surface area (Å²) in [5.74, 6) is -0.804. The van der Waals surface area contributed by atoms with Crippen molar-refractivity contribution in [2.24, 2.45) is 0 Å². The van der Waals surface area contributed by atoms with Gasteiger partial charge in [0, 0.05) is 38.7 Å². The molecule has 1 atom stereocenters. The van der Waals surface area contributed by atoms with E-state index in [0.29, 0.717) is 5.56 Å². The minimum atomic E-state index is -4.54. The smallest absolute Gasteiger partial charge is 0.389 e. The molecule has 0 aliphatic carbocycles. The van der Waals surface area contributed by atoms with Gasteiger partial charge in [0.15, 0.2) is 0 Å². The van der Waals surface area contributed by atoms with Gasteiger partial charge in [0.25, 0.3) is 5.91 Å². The van der Waals surface area contributed by atoms with Gasteiger partial charge in [-0.2, -0.15) is 13.2 Å². The SMILES string of the molecule is CC(=O)N1CCN(C(=O)c2cc(C(F)(F)F)ccc2C)CC(O)C1. The maximum atomic E-state index is 12.9. The molecule has 1 heterocycles. The molecular weight excluding hydrogens is 325 g/mol. The van der Waals surface area contributed by atoms with Crippen LogP contribution in [0.5, 0.6) is 0 Å². The lowest BCUT2D eigenvalue weighted by molar-refractivity contribution is -0.137. The molecule has 1 aromatic carbocycles. The van der Waals surface area contributed by atoms with E-state index in [1.54, 1.807) is 6.92 Å². The minimum Gasteiger partial charge on any atom is -0.389 e. The number of amides is 2. The molecule has 1 aromatic rings. The third-order valence-electron chi connectivity index (χ3n) is 4.03. The Hall–Kier alpha value is -2.09. The van der Waals surface area contributed by atoms with Crippen LogP contribution < -0.4 is 0 Å². The van der Waals surface area contributed by atoms with Gasteiger partial charge in [0.05, 0.1) is 11.7 Å². The first kappa shape index (κ1) is 18.3. The van der Waals surface area contributed by atoms with Crippen LogP contribution in [0.1, 0.15) is 28.4 Å². The summed E-state index contributed by atoms with van der Waals surface area (Å²) >= 11 is 0. The van der Waals surface area contributed by atoms with Crippen molar-refractivity contribution in [3.8, 4) is 0 Å². The molecule has 0 spiro atoms. The zero-order valence-corrected chi connectivity index (χ0v) is 13.4. The van der Waals surface area contributed by atoms with Crippen molar-refractivity contribution < 1.29 is 27.9 Å². The maximum Gasteiger partial charge on any atom is 0.416 e. The Morgan fingerprint density at radius 3 is 2.33 bits per heavy atom. The number of hydrogen-bond donors (Lipinski definition) is 1. The van der Waals surface area contributed by atoms with Crippen LogP contribution in [-0.4, -0.2) is 59.0 Å². The Bertz CT molecular complexity index is 646. The van der Waals surface area contributed by atoms with E-state index in [1.807, 2.05) is 0 Å². The lowest BCUT2D eigenvalue weighted by Crippen LogP contribution is -2.38. The van der Waals surface area contributed by atoms with E-state index in [2.05, 4.69) is 0 Å². The lowest BCUT2D eigenvalue weighted by Gasteiger charge is -2.23. The number of carbonyl (C=O) groups is 2. The predicted molar refractivity (Wildman–Crippen MR) is 80.3 cm³/mol. The van der Waals surface area contributed by atoms with Crippen LogP contribution in [-0.2, 0) is 11.0 Å². The zero-order valence-electron chi connectivity index (χ0n) is 13.4. The molecule has 0 aromatic heterocycles. The summed E-state index contributed by atoms with van der Waals surface area (Å²) in [5.41, 5.74) is -0.513. The van der Waals surface area contributed by atoms with Gasteiger partial charge < -0.3 is 14.9 Å². The number of aliphatic hydroxyl groups excluding tert-OH is 1. The first-order valence-electron chi connectivity index (χ1n) is 7.50. The van der Waals surface area contributed by atoms with Gasteiger partial charge in [0.1, 0.15) is 0 Å². The van der Waals surface area contributed by atoms with Gasteiger partial charge in [-0.1, -0.05) is 6.07 Å². The van der Waals surface area contributed by atoms with E-state index in [0.717, 1.165) is 12.1 Å². The fourth-order valence-electron chi connectivity index (χ4n) is 2.66. The van der Waals surface area contributed by atoms with Crippen molar-refractivity contribution in [3.63, 3.8) is 0 Å². The molecule has 1 N–H and O–H groups in total. The largest absolute Gasteiger partial charge is 0.416 e. The summed E-state index contributed by atoms with van der Waals surface area (Å²) in [4.78, 5) is 26.8. The maximum absolute atomic E-state index is 12.9. The summed E-state index contributed by atoms with van der Waals surface area (Å²) in [7, 11) is 0. The van der Waals surface area contributed by atoms with Crippen LogP contribution in [0.2, 0.25) is 0 Å². The number of nitrogens with zero attached hydrogens (tertiary/aromatic N) is 2. The highest BCUT2D eigenvalue weighted by molar-refractivity contribution is 5.96. The molecule has 1 unspecified atom stereocenters. The number of aliphatic hydroxyl groups is 1. The van der Waals surface area contributed by atoms with Crippen LogP contribution in [0.15, 0.2) is 18.2 Å². The Labute approximate surface area is 137 Å². The molecule has 0 saturated carbocycles. The highest BCUT2D eigenvalue weighted by atomic mass is 19.4. The Balaban J connectivity index is 2.26. The van der Waals surface area contributed by atoms with Crippen LogP contribution in [0.3, 0.4) is 0 Å². The van der Waals surface area contributed by atoms with Crippen molar-refractivity contribution >= 4 is 11.8 Å². The molecule has 1 fully saturated rings. The highest BCUT2D eigenvalue weighted by Crippen LogP contribution is 2.31. The number of benzene rings is 1. The van der Waals surface area contributed by atoms with Crippen molar-refractivity contribution in [1.29, 1.82) is 0 Å². The molecule has 2 amide bonds. The number of aryl methyl sites for hydroxylation is 1. The molecule has 24 heavy (non-hydrogen) atoms. The van der Waals surface area contributed by atoms with Gasteiger partial charge in [-0.25, -0.2) is 0 Å². The second-order valence-corrected chi connectivity index (χ2v) is 5.90. The molecule has 2 rings (SSSR count). The summed E-state index contributed by atoms with van der Waals surface area (Å²) < 4.78 is 38.6. The van der Waals surface area contributed by atoms with Gasteiger partial charge in [0.2, 0.25) is 5.91 Å². The van der Waals surface area contributed by atoms with Crippen molar-refractivity contribution in [3.05, 3.63) is 34.9 Å². The Morgan fingerprint density at radius 1 is 1.17 bits per heavy atom. The standard InChI is InChI=1S/C16H19F3N2O3/c1-10-3-4-12(16(17,18)19)7-14(10)15(24)21-6-5-20(11(2)22)8-13(23)9-21/h3-4,7,13,23H,5-6,8-9H2,1-2H3. The fourth-order valence-corrected chi connectivity index (χ4v) is 2.66. The lowest BCUT2D eigenvalue weighted by atomic mass is 10.0. The molecule has 0 radical (unpaired) electrons. The molecule has 5 nitrogen and oxygen atoms in total. The number of hydrogen-bond acceptors (Lipinski definition) is 3. The molecule has 132 valence electrons. The molecule has 8 heteroatoms. The predicted octanol–water partition coefficient (Wildman–Crippen LogP) is 1.68. The third-order valence-corrected chi connectivity index (χ3v) is 4.03. The van der Waals surface area contributed by atoms with Gasteiger partial charge in [-0.05, 0) is 24.6 Å². The summed E-state index contributed by atoms with van der Waals surface area (Å²) in [6, 6.07) is 3.02. The summed E-state index contributed by atoms with van der Waals surface area (Å²) in [6.07, 6.45) is -5.47. The summed E-state index contributed by atoms with van der Waals surface area (Å²) in [6.45, 7) is 3.38. The van der Waals surface area contributed by atoms with Crippen LogP contribution >= 0.6 is 0 Å². The van der Waals surface area contributed by atoms with E-state index in [4.69, 9.17) is 0 Å². The topological polar surface area (TPSA) is 60.9 Å². The number of β-amino-alcohol motifs (C(OH)–C–C–N with tert-alkyl or cyclic N) is 1. The molecule has 0 bridgehead atoms. The highest BCUT2D eigenvalue weighted by Gasteiger charge is 2.33. The van der Waals surface area contributed by atoms with Crippen molar-refractivity contribution in [2.75, 3.05) is 26.2 Å². The number of halogens is 3. The first-order chi connectivity index (χ1) is 11.1. The second kappa shape index (κ2) is 6.80. The minimum absolute atomic E-state index is 0.0295. The average molecular weight is 344 g/mol. The molecular formula is C16H19F3N2O3. The van der Waals surface area contributed by atoms with E-state index in [-0.39, 0.29) is 37.6 Å². The van der Waals surface area contributed by atoms with Crippen LogP contribution in [0.25, 0.3) is 0 Å². The average Bonchev–Trinajstić information content (AvgIpc) is 2.67. The van der Waals surface area contributed by atoms with Gasteiger partial charge in [-0.3, -0.25) is 9.59 Å². The van der Waals surface area contributed by atoms with Crippen LogP contribution in [0, 0.1) is 6.92 Å². The normalized spacial score (nSPS) is 19.2.